The summed E-state index contributed by atoms with van der Waals surface area (Å²) in [6.07, 6.45) is -3.34. The lowest BCUT2D eigenvalue weighted by atomic mass is 9.94. The topological polar surface area (TPSA) is 79.7 Å². The van der Waals surface area contributed by atoms with Crippen molar-refractivity contribution >= 4 is 28.3 Å². The maximum Gasteiger partial charge on any atom is 0.416 e. The number of ether oxygens (including phenoxy) is 1. The summed E-state index contributed by atoms with van der Waals surface area (Å²) >= 11 is 1.19. The first-order valence-corrected chi connectivity index (χ1v) is 10.2. The molecule has 0 aliphatic rings. The number of carbonyl (C=O) groups excluding carboxylic acids is 1. The average Bonchev–Trinajstić information content (AvgIpc) is 3.25. The van der Waals surface area contributed by atoms with E-state index >= 15 is 0 Å². The molecule has 0 aliphatic heterocycles. The number of methoxy groups -OCH3 is 1. The van der Waals surface area contributed by atoms with Crippen molar-refractivity contribution in [3.05, 3.63) is 64.7 Å². The predicted octanol–water partition coefficient (Wildman–Crippen LogP) is 5.02. The van der Waals surface area contributed by atoms with E-state index in [-0.39, 0.29) is 24.4 Å². The van der Waals surface area contributed by atoms with Crippen molar-refractivity contribution in [2.24, 2.45) is 0 Å². The van der Waals surface area contributed by atoms with Crippen molar-refractivity contribution in [2.45, 2.75) is 26.1 Å². The van der Waals surface area contributed by atoms with Gasteiger partial charge in [-0.15, -0.1) is 11.3 Å². The van der Waals surface area contributed by atoms with Crippen LogP contribution in [0.2, 0.25) is 0 Å². The fourth-order valence-electron chi connectivity index (χ4n) is 3.25. The molecular weight excluding hydrogens is 445 g/mol. The molecule has 1 N–H and O–H groups in total. The molecule has 0 bridgehead atoms. The van der Waals surface area contributed by atoms with Crippen LogP contribution in [0.15, 0.2) is 48.0 Å². The zero-order valence-electron chi connectivity index (χ0n) is 17.1. The number of alkyl halides is 3. The third-order valence-electron chi connectivity index (χ3n) is 4.70. The molecule has 0 unspecified atom stereocenters. The number of anilines is 1. The lowest BCUT2D eigenvalue weighted by molar-refractivity contribution is -0.138. The minimum Gasteiger partial charge on any atom is -0.496 e. The Morgan fingerprint density at radius 1 is 1.16 bits per heavy atom. The molecule has 0 saturated heterocycles. The van der Waals surface area contributed by atoms with E-state index in [2.05, 4.69) is 4.98 Å². The Balaban J connectivity index is 2.18. The van der Waals surface area contributed by atoms with Crippen LogP contribution in [0.1, 0.15) is 23.6 Å². The Labute approximate surface area is 185 Å². The number of rotatable bonds is 7. The highest BCUT2D eigenvalue weighted by Crippen LogP contribution is 2.38. The molecule has 3 aromatic rings. The number of nitrogens with zero attached hydrogens (tertiary/aromatic N) is 2. The predicted molar refractivity (Wildman–Crippen MR) is 114 cm³/mol. The van der Waals surface area contributed by atoms with Gasteiger partial charge in [-0.05, 0) is 41.0 Å². The number of carboxylic acid groups (broad SMARTS) is 1. The maximum absolute atomic E-state index is 13.4. The van der Waals surface area contributed by atoms with Gasteiger partial charge in [-0.2, -0.15) is 13.2 Å². The number of thiazole rings is 1. The normalized spacial score (nSPS) is 11.3. The van der Waals surface area contributed by atoms with Crippen molar-refractivity contribution < 1.29 is 32.6 Å². The summed E-state index contributed by atoms with van der Waals surface area (Å²) in [5.74, 6) is -1.06. The SMILES string of the molecule is COc1ccc(CC(=O)O)cc1-c1ccc(C(F)(F)F)cc1CN(C(C)=O)c1nccs1. The van der Waals surface area contributed by atoms with Gasteiger partial charge in [0.25, 0.3) is 0 Å². The van der Waals surface area contributed by atoms with Gasteiger partial charge in [0.05, 0.1) is 25.6 Å². The zero-order chi connectivity index (χ0) is 23.5. The summed E-state index contributed by atoms with van der Waals surface area (Å²) < 4.78 is 45.7. The molecule has 1 amide bonds. The second-order valence-corrected chi connectivity index (χ2v) is 7.77. The molecular formula is C22H19F3N2O4S. The number of halogens is 3. The summed E-state index contributed by atoms with van der Waals surface area (Å²) in [5.41, 5.74) is 0.639. The lowest BCUT2D eigenvalue weighted by Gasteiger charge is -2.22. The van der Waals surface area contributed by atoms with Crippen LogP contribution < -0.4 is 9.64 Å². The Kier molecular flexibility index (Phi) is 6.83. The van der Waals surface area contributed by atoms with Crippen LogP contribution in [0.3, 0.4) is 0 Å². The van der Waals surface area contributed by atoms with Crippen LogP contribution in [-0.2, 0) is 28.7 Å². The molecule has 1 aromatic heterocycles. The van der Waals surface area contributed by atoms with Gasteiger partial charge in [0.2, 0.25) is 5.91 Å². The first-order valence-electron chi connectivity index (χ1n) is 9.37. The summed E-state index contributed by atoms with van der Waals surface area (Å²) in [6.45, 7) is 1.15. The first kappa shape index (κ1) is 23.3. The van der Waals surface area contributed by atoms with Crippen LogP contribution in [0.4, 0.5) is 18.3 Å². The van der Waals surface area contributed by atoms with E-state index in [1.807, 2.05) is 0 Å². The fourth-order valence-corrected chi connectivity index (χ4v) is 3.93. The number of aromatic nitrogens is 1. The van der Waals surface area contributed by atoms with Crippen LogP contribution in [0.25, 0.3) is 11.1 Å². The van der Waals surface area contributed by atoms with Crippen molar-refractivity contribution in [3.8, 4) is 16.9 Å². The van der Waals surface area contributed by atoms with Gasteiger partial charge in [-0.25, -0.2) is 4.98 Å². The summed E-state index contributed by atoms with van der Waals surface area (Å²) in [5, 5.41) is 11.1. The van der Waals surface area contributed by atoms with Crippen LogP contribution in [0, 0.1) is 0 Å². The van der Waals surface area contributed by atoms with E-state index in [0.29, 0.717) is 27.6 Å². The third-order valence-corrected chi connectivity index (χ3v) is 5.50. The van der Waals surface area contributed by atoms with Crippen molar-refractivity contribution in [1.29, 1.82) is 0 Å². The first-order chi connectivity index (χ1) is 15.1. The second kappa shape index (κ2) is 9.39. The van der Waals surface area contributed by atoms with Gasteiger partial charge >= 0.3 is 12.1 Å². The second-order valence-electron chi connectivity index (χ2n) is 6.89. The van der Waals surface area contributed by atoms with Crippen LogP contribution in [-0.4, -0.2) is 29.1 Å². The number of aliphatic carboxylic acids is 1. The summed E-state index contributed by atoms with van der Waals surface area (Å²) in [7, 11) is 1.41. The maximum atomic E-state index is 13.4. The van der Waals surface area contributed by atoms with Crippen LogP contribution in [0.5, 0.6) is 5.75 Å². The quantitative estimate of drug-likeness (QED) is 0.531. The zero-order valence-corrected chi connectivity index (χ0v) is 18.0. The molecule has 0 saturated carbocycles. The van der Waals surface area contributed by atoms with Crippen LogP contribution >= 0.6 is 11.3 Å². The number of amides is 1. The molecule has 6 nitrogen and oxygen atoms in total. The minimum atomic E-state index is -4.58. The van der Waals surface area contributed by atoms with E-state index in [1.54, 1.807) is 23.6 Å². The number of carboxylic acids is 1. The van der Waals surface area contributed by atoms with E-state index in [1.165, 1.54) is 42.5 Å². The molecule has 32 heavy (non-hydrogen) atoms. The standard InChI is InChI=1S/C22H19F3N2O4S/c1-13(28)27(21-26-7-8-32-21)12-15-11-16(22(23,24)25)4-5-17(15)18-9-14(10-20(29)30)3-6-19(18)31-2/h3-9,11H,10,12H2,1-2H3,(H,29,30). The number of carbonyl (C=O) groups is 2. The van der Waals surface area contributed by atoms with Crippen molar-refractivity contribution in [1.82, 2.24) is 4.98 Å². The Morgan fingerprint density at radius 2 is 1.91 bits per heavy atom. The molecule has 2 aromatic carbocycles. The Bertz CT molecular complexity index is 1130. The van der Waals surface area contributed by atoms with Gasteiger partial charge in [0.1, 0.15) is 5.75 Å². The Hall–Kier alpha value is -3.40. The van der Waals surface area contributed by atoms with Gasteiger partial charge in [0, 0.05) is 24.1 Å². The lowest BCUT2D eigenvalue weighted by Crippen LogP contribution is -2.28. The third kappa shape index (κ3) is 5.25. The van der Waals surface area contributed by atoms with Gasteiger partial charge < -0.3 is 9.84 Å². The molecule has 0 radical (unpaired) electrons. The molecule has 0 aliphatic carbocycles. The smallest absolute Gasteiger partial charge is 0.416 e. The molecule has 10 heteroatoms. The molecule has 0 fully saturated rings. The van der Waals surface area contributed by atoms with Crippen molar-refractivity contribution in [2.75, 3.05) is 12.0 Å². The highest BCUT2D eigenvalue weighted by Gasteiger charge is 2.32. The highest BCUT2D eigenvalue weighted by molar-refractivity contribution is 7.13. The molecule has 3 rings (SSSR count). The molecule has 1 heterocycles. The largest absolute Gasteiger partial charge is 0.496 e. The minimum absolute atomic E-state index is 0.158. The molecule has 0 atom stereocenters. The van der Waals surface area contributed by atoms with E-state index in [0.717, 1.165) is 12.1 Å². The van der Waals surface area contributed by atoms with E-state index in [4.69, 9.17) is 9.84 Å². The average molecular weight is 464 g/mol. The van der Waals surface area contributed by atoms with Crippen molar-refractivity contribution in [3.63, 3.8) is 0 Å². The molecule has 0 spiro atoms. The monoisotopic (exact) mass is 464 g/mol. The van der Waals surface area contributed by atoms with Gasteiger partial charge in [-0.3, -0.25) is 14.5 Å². The number of benzene rings is 2. The Morgan fingerprint density at radius 3 is 2.47 bits per heavy atom. The number of hydrogen-bond acceptors (Lipinski definition) is 5. The summed E-state index contributed by atoms with van der Waals surface area (Å²) in [4.78, 5) is 28.8. The van der Waals surface area contributed by atoms with E-state index in [9.17, 15) is 22.8 Å². The summed E-state index contributed by atoms with van der Waals surface area (Å²) in [6, 6.07) is 7.96. The fraction of sp³-hybridized carbons (Fsp3) is 0.227. The molecule has 168 valence electrons. The highest BCUT2D eigenvalue weighted by atomic mass is 32.1. The number of hydrogen-bond donors (Lipinski definition) is 1. The van der Waals surface area contributed by atoms with E-state index < -0.39 is 17.7 Å². The van der Waals surface area contributed by atoms with Gasteiger partial charge in [-0.1, -0.05) is 12.1 Å². The van der Waals surface area contributed by atoms with Gasteiger partial charge in [0.15, 0.2) is 5.13 Å².